The fourth-order valence-electron chi connectivity index (χ4n) is 11.3. The molecule has 3 fully saturated rings. The number of nitrogens with one attached hydrogen (secondary N) is 1. The van der Waals surface area contributed by atoms with E-state index in [-0.39, 0.29) is 17.3 Å². The number of piperidine rings is 1. The topological polar surface area (TPSA) is 91.4 Å². The van der Waals surface area contributed by atoms with Gasteiger partial charge in [-0.1, -0.05) is 50.1 Å². The zero-order valence-electron chi connectivity index (χ0n) is 33.1. The summed E-state index contributed by atoms with van der Waals surface area (Å²) in [4.78, 5) is 21.6. The molecule has 9 nitrogen and oxygen atoms in total. The predicted molar refractivity (Wildman–Crippen MR) is 220 cm³/mol. The van der Waals surface area contributed by atoms with E-state index in [1.54, 1.807) is 6.07 Å². The van der Waals surface area contributed by atoms with E-state index in [0.717, 1.165) is 87.8 Å². The van der Waals surface area contributed by atoms with Crippen LogP contribution in [0, 0.1) is 17.8 Å². The van der Waals surface area contributed by atoms with E-state index in [1.165, 1.54) is 36.9 Å². The van der Waals surface area contributed by atoms with Crippen LogP contribution in [0.5, 0.6) is 5.75 Å². The summed E-state index contributed by atoms with van der Waals surface area (Å²) in [5, 5.41) is 0.0400. The molecule has 1 saturated carbocycles. The molecule has 1 amide bonds. The normalized spacial score (nSPS) is 34.6. The van der Waals surface area contributed by atoms with E-state index < -0.39 is 26.8 Å². The molecule has 6 aliphatic rings. The number of allylic oxidation sites excluding steroid dienone is 1. The molecule has 2 aromatic carbocycles. The second-order valence-corrected chi connectivity index (χ2v) is 19.9. The number of aryl methyl sites for hydroxylation is 1. The van der Waals surface area contributed by atoms with Gasteiger partial charge >= 0.3 is 0 Å². The lowest BCUT2D eigenvalue weighted by Gasteiger charge is -2.53. The van der Waals surface area contributed by atoms with Crippen molar-refractivity contribution in [3.63, 3.8) is 0 Å². The Bertz CT molecular complexity index is 1870. The molecule has 0 aromatic heterocycles. The number of anilines is 1. The number of piperazine rings is 1. The molecule has 0 radical (unpaired) electrons. The lowest BCUT2D eigenvalue weighted by atomic mass is 9.63. The van der Waals surface area contributed by atoms with Gasteiger partial charge in [0.1, 0.15) is 11.4 Å². The summed E-state index contributed by atoms with van der Waals surface area (Å²) in [6, 6.07) is 12.4. The number of ether oxygens (including phenoxy) is 2. The molecule has 0 unspecified atom stereocenters. The molecule has 300 valence electrons. The van der Waals surface area contributed by atoms with Crippen LogP contribution in [0.3, 0.4) is 0 Å². The molecule has 1 N–H and O–H groups in total. The maximum atomic E-state index is 13.9. The zero-order valence-corrected chi connectivity index (χ0v) is 34.7. The van der Waals surface area contributed by atoms with Crippen LogP contribution in [-0.2, 0) is 26.6 Å². The van der Waals surface area contributed by atoms with Gasteiger partial charge in [-0.15, -0.1) is 0 Å². The summed E-state index contributed by atoms with van der Waals surface area (Å²) in [5.74, 6) is 0.588. The molecule has 7 atom stereocenters. The Morgan fingerprint density at radius 2 is 1.89 bits per heavy atom. The van der Waals surface area contributed by atoms with Gasteiger partial charge in [-0.05, 0) is 130 Å². The lowest BCUT2D eigenvalue weighted by molar-refractivity contribution is -0.116. The molecule has 2 aliphatic carbocycles. The fraction of sp³-hybridized carbons (Fsp3) is 0.659. The third kappa shape index (κ3) is 7.72. The first-order valence-corrected chi connectivity index (χ1v) is 23.1. The molecule has 2 bridgehead atoms. The number of hydrogen-bond acceptors (Lipinski definition) is 8. The first-order chi connectivity index (χ1) is 26.5. The summed E-state index contributed by atoms with van der Waals surface area (Å²) in [5.41, 5.74) is 3.00. The number of carbonyl (C=O) groups is 1. The zero-order chi connectivity index (χ0) is 38.4. The van der Waals surface area contributed by atoms with Crippen molar-refractivity contribution in [2.45, 2.75) is 107 Å². The van der Waals surface area contributed by atoms with E-state index in [4.69, 9.17) is 21.1 Å². The van der Waals surface area contributed by atoms with Crippen molar-refractivity contribution in [2.24, 2.45) is 17.8 Å². The van der Waals surface area contributed by atoms with Crippen molar-refractivity contribution >= 4 is 33.2 Å². The number of hydrogen-bond donors (Lipinski definition) is 1. The van der Waals surface area contributed by atoms with Crippen molar-refractivity contribution in [2.75, 3.05) is 63.9 Å². The van der Waals surface area contributed by atoms with Gasteiger partial charge in [-0.3, -0.25) is 14.6 Å². The first-order valence-electron chi connectivity index (χ1n) is 21.2. The smallest absolute Gasteiger partial charge is 0.264 e. The van der Waals surface area contributed by atoms with Gasteiger partial charge in [0.2, 0.25) is 10.0 Å². The van der Waals surface area contributed by atoms with E-state index in [9.17, 15) is 13.2 Å². The molecule has 55 heavy (non-hydrogen) atoms. The summed E-state index contributed by atoms with van der Waals surface area (Å²) in [6.07, 6.45) is 14.6. The second-order valence-electron chi connectivity index (χ2n) is 17.6. The van der Waals surface area contributed by atoms with Gasteiger partial charge in [0.05, 0.1) is 17.5 Å². The molecule has 11 heteroatoms. The standard InChI is InChI=1S/C44H61ClN4O5S/c1-4-41-31(3)10-8-20-44(54-5-2,29-47-22-23-48-21-7-6-12-36(48)27-47)38-16-13-34(38)26-49-28-43(19-9-11-32-24-35(45)15-17-37(32)43)30-53-40-18-14-33(25-39(40)49)42(50)46-55(41,51)52/h8,14-15,17-18,20,24-25,31,34,36,38,41H,4-7,9-13,16,19,21-23,26-30H2,1-3H3,(H,46,50)/b20-8+/t31-,34-,36+,38+,41+,43-,44+/m0/s1. The number of halogens is 1. The van der Waals surface area contributed by atoms with Gasteiger partial charge in [-0.25, -0.2) is 13.1 Å². The number of fused-ring (bicyclic) bond motifs is 5. The second kappa shape index (κ2) is 16.0. The van der Waals surface area contributed by atoms with E-state index >= 15 is 0 Å². The Kier molecular flexibility index (Phi) is 11.4. The van der Waals surface area contributed by atoms with Crippen LogP contribution < -0.4 is 14.4 Å². The van der Waals surface area contributed by atoms with Gasteiger partial charge in [-0.2, -0.15) is 0 Å². The fourth-order valence-corrected chi connectivity index (χ4v) is 13.2. The van der Waals surface area contributed by atoms with Crippen LogP contribution in [-0.4, -0.2) is 100 Å². The van der Waals surface area contributed by atoms with Crippen molar-refractivity contribution in [3.8, 4) is 5.75 Å². The average Bonchev–Trinajstić information content (AvgIpc) is 3.29. The quantitative estimate of drug-likeness (QED) is 0.318. The van der Waals surface area contributed by atoms with Gasteiger partial charge < -0.3 is 14.4 Å². The number of benzene rings is 2. The van der Waals surface area contributed by atoms with Crippen molar-refractivity contribution < 1.29 is 22.7 Å². The van der Waals surface area contributed by atoms with Crippen LogP contribution in [0.15, 0.2) is 48.6 Å². The molecule has 8 rings (SSSR count). The predicted octanol–water partition coefficient (Wildman–Crippen LogP) is 7.22. The maximum Gasteiger partial charge on any atom is 0.264 e. The molecule has 4 aliphatic heterocycles. The van der Waals surface area contributed by atoms with E-state index in [2.05, 4.69) is 50.6 Å². The van der Waals surface area contributed by atoms with Crippen LogP contribution in [0.1, 0.15) is 100 Å². The highest BCUT2D eigenvalue weighted by Gasteiger charge is 2.50. The maximum absolute atomic E-state index is 13.9. The minimum atomic E-state index is -3.96. The first kappa shape index (κ1) is 39.2. The minimum Gasteiger partial charge on any atom is -0.490 e. The highest BCUT2D eigenvalue weighted by molar-refractivity contribution is 7.90. The Hall–Kier alpha value is -2.63. The molecule has 2 aromatic rings. The average molecular weight is 794 g/mol. The Labute approximate surface area is 334 Å². The SMILES string of the molecule is CCO[C@@]1(CN2CCN3CCCC[C@@H]3C2)/C=C/C[C@H](C)[C@@H](CC)S(=O)(=O)NC(=O)c2ccc3c(c2)N(C[C@@H]2CC[C@H]21)C[C@@]1(CCCc2cc(Cl)ccc21)CO3. The van der Waals surface area contributed by atoms with Gasteiger partial charge in [0.25, 0.3) is 5.91 Å². The van der Waals surface area contributed by atoms with Crippen LogP contribution in [0.25, 0.3) is 0 Å². The Morgan fingerprint density at radius 1 is 1.02 bits per heavy atom. The van der Waals surface area contributed by atoms with Crippen molar-refractivity contribution in [1.82, 2.24) is 14.5 Å². The van der Waals surface area contributed by atoms with E-state index in [0.29, 0.717) is 43.6 Å². The molecular weight excluding hydrogens is 732 g/mol. The molecule has 2 saturated heterocycles. The molecule has 4 heterocycles. The van der Waals surface area contributed by atoms with Crippen LogP contribution in [0.2, 0.25) is 5.02 Å². The van der Waals surface area contributed by atoms with Gasteiger partial charge in [0, 0.05) is 67.9 Å². The summed E-state index contributed by atoms with van der Waals surface area (Å²) >= 11 is 6.53. The van der Waals surface area contributed by atoms with Crippen molar-refractivity contribution in [3.05, 3.63) is 70.3 Å². The van der Waals surface area contributed by atoms with Gasteiger partial charge in [0.15, 0.2) is 0 Å². The number of sulfonamides is 1. The minimum absolute atomic E-state index is 0.192. The number of rotatable bonds is 5. The van der Waals surface area contributed by atoms with Crippen LogP contribution in [0.4, 0.5) is 5.69 Å². The Morgan fingerprint density at radius 3 is 2.69 bits per heavy atom. The number of carbonyl (C=O) groups excluding carboxylic acids is 1. The molecular formula is C44H61ClN4O5S. The van der Waals surface area contributed by atoms with Crippen molar-refractivity contribution in [1.29, 1.82) is 0 Å². The summed E-state index contributed by atoms with van der Waals surface area (Å²) < 4.78 is 44.1. The highest BCUT2D eigenvalue weighted by Crippen LogP contribution is 2.49. The monoisotopic (exact) mass is 792 g/mol. The third-order valence-electron chi connectivity index (χ3n) is 14.2. The van der Waals surface area contributed by atoms with Crippen LogP contribution >= 0.6 is 11.6 Å². The number of amides is 1. The highest BCUT2D eigenvalue weighted by atomic mass is 35.5. The largest absolute Gasteiger partial charge is 0.490 e. The lowest BCUT2D eigenvalue weighted by Crippen LogP contribution is -2.61. The summed E-state index contributed by atoms with van der Waals surface area (Å²) in [7, 11) is -3.96. The molecule has 1 spiro atoms. The summed E-state index contributed by atoms with van der Waals surface area (Å²) in [6.45, 7) is 13.9. The Balaban J connectivity index is 1.20. The number of nitrogens with zero attached hydrogens (tertiary/aromatic N) is 3. The van der Waals surface area contributed by atoms with E-state index in [1.807, 2.05) is 32.0 Å². The third-order valence-corrected chi connectivity index (χ3v) is 16.5.